The zero-order chi connectivity index (χ0) is 13.2. The van der Waals surface area contributed by atoms with Crippen LogP contribution in [0.1, 0.15) is 32.6 Å². The van der Waals surface area contributed by atoms with Crippen molar-refractivity contribution in [2.45, 2.75) is 42.8 Å². The molecule has 0 radical (unpaired) electrons. The van der Waals surface area contributed by atoms with E-state index in [4.69, 9.17) is 5.73 Å². The van der Waals surface area contributed by atoms with Gasteiger partial charge in [-0.25, -0.2) is 0 Å². The molecule has 0 saturated heterocycles. The van der Waals surface area contributed by atoms with E-state index in [1.54, 1.807) is 0 Å². The third-order valence-electron chi connectivity index (χ3n) is 3.94. The third-order valence-corrected chi connectivity index (χ3v) is 5.31. The van der Waals surface area contributed by atoms with Crippen LogP contribution in [0, 0.1) is 5.92 Å². The molecule has 0 bridgehead atoms. The Bertz CT molecular complexity index is 582. The van der Waals surface area contributed by atoms with Crippen LogP contribution in [0.5, 0.6) is 0 Å². The van der Waals surface area contributed by atoms with Gasteiger partial charge in [-0.15, -0.1) is 11.8 Å². The monoisotopic (exact) mass is 272 g/mol. The van der Waals surface area contributed by atoms with Crippen LogP contribution in [-0.4, -0.2) is 10.2 Å². The van der Waals surface area contributed by atoms with E-state index in [9.17, 15) is 0 Å². The van der Waals surface area contributed by atoms with Crippen molar-refractivity contribution in [1.29, 1.82) is 0 Å². The molecule has 2 unspecified atom stereocenters. The number of benzene rings is 1. The maximum atomic E-state index is 6.01. The minimum atomic E-state index is 0.746. The molecule has 19 heavy (non-hydrogen) atoms. The van der Waals surface area contributed by atoms with Gasteiger partial charge in [0.1, 0.15) is 0 Å². The number of anilines is 1. The molecular weight excluding hydrogens is 252 g/mol. The number of nitrogens with zero attached hydrogens (tertiary/aromatic N) is 1. The SMILES string of the molecule is CC1CCCC(Sc2ccc(N)c3ncccc23)C1. The summed E-state index contributed by atoms with van der Waals surface area (Å²) in [7, 11) is 0. The summed E-state index contributed by atoms with van der Waals surface area (Å²) in [5.41, 5.74) is 7.72. The van der Waals surface area contributed by atoms with Gasteiger partial charge in [-0.1, -0.05) is 25.8 Å². The Labute approximate surface area is 118 Å². The lowest BCUT2D eigenvalue weighted by molar-refractivity contribution is 0.394. The van der Waals surface area contributed by atoms with Gasteiger partial charge in [-0.2, -0.15) is 0 Å². The third kappa shape index (κ3) is 2.71. The Hall–Kier alpha value is -1.22. The Balaban J connectivity index is 1.90. The number of pyridine rings is 1. The average Bonchev–Trinajstić information content (AvgIpc) is 2.42. The lowest BCUT2D eigenvalue weighted by Crippen LogP contribution is -2.14. The van der Waals surface area contributed by atoms with E-state index >= 15 is 0 Å². The second kappa shape index (κ2) is 5.41. The number of nitrogen functional groups attached to an aromatic ring is 1. The van der Waals surface area contributed by atoms with Gasteiger partial charge in [0.15, 0.2) is 0 Å². The predicted molar refractivity (Wildman–Crippen MR) is 83.4 cm³/mol. The molecule has 1 fully saturated rings. The number of fused-ring (bicyclic) bond motifs is 1. The number of rotatable bonds is 2. The van der Waals surface area contributed by atoms with Crippen molar-refractivity contribution < 1.29 is 0 Å². The van der Waals surface area contributed by atoms with E-state index in [1.807, 2.05) is 30.1 Å². The van der Waals surface area contributed by atoms with Gasteiger partial charge < -0.3 is 5.73 Å². The summed E-state index contributed by atoms with van der Waals surface area (Å²) in [5.74, 6) is 0.865. The van der Waals surface area contributed by atoms with Crippen molar-refractivity contribution in [2.75, 3.05) is 5.73 Å². The number of thioether (sulfide) groups is 1. The Kier molecular flexibility index (Phi) is 3.65. The zero-order valence-corrected chi connectivity index (χ0v) is 12.1. The van der Waals surface area contributed by atoms with E-state index in [2.05, 4.69) is 24.0 Å². The first-order chi connectivity index (χ1) is 9.24. The van der Waals surface area contributed by atoms with Crippen molar-refractivity contribution in [3.05, 3.63) is 30.5 Å². The van der Waals surface area contributed by atoms with Crippen molar-refractivity contribution >= 4 is 28.4 Å². The minimum Gasteiger partial charge on any atom is -0.397 e. The Morgan fingerprint density at radius 2 is 2.16 bits per heavy atom. The van der Waals surface area contributed by atoms with Gasteiger partial charge in [0.2, 0.25) is 0 Å². The van der Waals surface area contributed by atoms with Gasteiger partial charge in [-0.05, 0) is 37.0 Å². The first kappa shape index (κ1) is 12.8. The van der Waals surface area contributed by atoms with E-state index in [1.165, 1.54) is 36.0 Å². The van der Waals surface area contributed by atoms with Crippen LogP contribution in [0.25, 0.3) is 10.9 Å². The van der Waals surface area contributed by atoms with Crippen molar-refractivity contribution in [1.82, 2.24) is 4.98 Å². The number of hydrogen-bond acceptors (Lipinski definition) is 3. The highest BCUT2D eigenvalue weighted by Gasteiger charge is 2.20. The van der Waals surface area contributed by atoms with Crippen molar-refractivity contribution in [2.24, 2.45) is 5.92 Å². The Morgan fingerprint density at radius 3 is 3.00 bits per heavy atom. The molecule has 0 spiro atoms. The summed E-state index contributed by atoms with van der Waals surface area (Å²) >= 11 is 2.01. The quantitative estimate of drug-likeness (QED) is 0.819. The van der Waals surface area contributed by atoms with Crippen LogP contribution in [0.2, 0.25) is 0 Å². The van der Waals surface area contributed by atoms with Crippen molar-refractivity contribution in [3.8, 4) is 0 Å². The van der Waals surface area contributed by atoms with E-state index in [-0.39, 0.29) is 0 Å². The van der Waals surface area contributed by atoms with Crippen LogP contribution in [0.4, 0.5) is 5.69 Å². The summed E-state index contributed by atoms with van der Waals surface area (Å²) in [6, 6.07) is 8.27. The molecule has 1 heterocycles. The van der Waals surface area contributed by atoms with Gasteiger partial charge >= 0.3 is 0 Å². The fraction of sp³-hybridized carbons (Fsp3) is 0.438. The summed E-state index contributed by atoms with van der Waals surface area (Å²) < 4.78 is 0. The molecule has 2 aromatic rings. The minimum absolute atomic E-state index is 0.746. The maximum Gasteiger partial charge on any atom is 0.0942 e. The van der Waals surface area contributed by atoms with Crippen LogP contribution in [-0.2, 0) is 0 Å². The van der Waals surface area contributed by atoms with Gasteiger partial charge in [0, 0.05) is 21.7 Å². The molecule has 1 saturated carbocycles. The maximum absolute atomic E-state index is 6.01. The predicted octanol–water partition coefficient (Wildman–Crippen LogP) is 4.49. The molecule has 2 N–H and O–H groups in total. The fourth-order valence-corrected chi connectivity index (χ4v) is 4.44. The number of hydrogen-bond donors (Lipinski definition) is 1. The molecule has 1 aromatic carbocycles. The topological polar surface area (TPSA) is 38.9 Å². The zero-order valence-electron chi connectivity index (χ0n) is 11.3. The largest absolute Gasteiger partial charge is 0.397 e. The smallest absolute Gasteiger partial charge is 0.0942 e. The van der Waals surface area contributed by atoms with Gasteiger partial charge in [0.05, 0.1) is 11.2 Å². The van der Waals surface area contributed by atoms with Crippen molar-refractivity contribution in [3.63, 3.8) is 0 Å². The Morgan fingerprint density at radius 1 is 1.26 bits per heavy atom. The molecule has 1 aromatic heterocycles. The highest BCUT2D eigenvalue weighted by Crippen LogP contribution is 2.39. The highest BCUT2D eigenvalue weighted by atomic mass is 32.2. The van der Waals surface area contributed by atoms with Crippen LogP contribution in [0.3, 0.4) is 0 Å². The van der Waals surface area contributed by atoms with Crippen LogP contribution < -0.4 is 5.73 Å². The summed E-state index contributed by atoms with van der Waals surface area (Å²) in [6.45, 7) is 2.37. The molecule has 100 valence electrons. The second-order valence-electron chi connectivity index (χ2n) is 5.56. The van der Waals surface area contributed by atoms with Crippen LogP contribution >= 0.6 is 11.8 Å². The molecule has 2 atom stereocenters. The number of aromatic nitrogens is 1. The van der Waals surface area contributed by atoms with Gasteiger partial charge in [-0.3, -0.25) is 4.98 Å². The fourth-order valence-electron chi connectivity index (χ4n) is 2.94. The summed E-state index contributed by atoms with van der Waals surface area (Å²) in [4.78, 5) is 5.74. The molecule has 2 nitrogen and oxygen atoms in total. The lowest BCUT2D eigenvalue weighted by Gasteiger charge is -2.26. The summed E-state index contributed by atoms with van der Waals surface area (Å²) in [6.07, 6.45) is 7.23. The molecule has 0 aliphatic heterocycles. The standard InChI is InChI=1S/C16H20N2S/c1-11-4-2-5-12(10-11)19-15-8-7-14(17)16-13(15)6-3-9-18-16/h3,6-9,11-12H,2,4-5,10,17H2,1H3. The number of nitrogens with two attached hydrogens (primary N) is 1. The molecular formula is C16H20N2S. The second-order valence-corrected chi connectivity index (χ2v) is 6.91. The highest BCUT2D eigenvalue weighted by molar-refractivity contribution is 8.00. The molecule has 0 amide bonds. The van der Waals surface area contributed by atoms with E-state index in [0.717, 1.165) is 22.4 Å². The molecule has 1 aliphatic rings. The normalized spacial score (nSPS) is 23.6. The van der Waals surface area contributed by atoms with Crippen LogP contribution in [0.15, 0.2) is 35.4 Å². The summed E-state index contributed by atoms with van der Waals surface area (Å²) in [5, 5.41) is 1.95. The first-order valence-corrected chi connectivity index (χ1v) is 7.92. The van der Waals surface area contributed by atoms with Gasteiger partial charge in [0.25, 0.3) is 0 Å². The molecule has 3 rings (SSSR count). The lowest BCUT2D eigenvalue weighted by atomic mass is 9.91. The average molecular weight is 272 g/mol. The van der Waals surface area contributed by atoms with E-state index < -0.39 is 0 Å². The first-order valence-electron chi connectivity index (χ1n) is 7.04. The van der Waals surface area contributed by atoms with E-state index in [0.29, 0.717) is 0 Å². The molecule has 1 aliphatic carbocycles. The molecule has 3 heteroatoms.